The van der Waals surface area contributed by atoms with Gasteiger partial charge in [-0.3, -0.25) is 25.0 Å². The monoisotopic (exact) mass is 488 g/mol. The van der Waals surface area contributed by atoms with Crippen molar-refractivity contribution >= 4 is 29.0 Å². The molecule has 0 aliphatic heterocycles. The summed E-state index contributed by atoms with van der Waals surface area (Å²) in [5.74, 6) is 0.0135. The van der Waals surface area contributed by atoms with Crippen molar-refractivity contribution in [1.82, 2.24) is 0 Å². The van der Waals surface area contributed by atoms with Crippen LogP contribution in [-0.4, -0.2) is 22.9 Å². The number of rotatable bonds is 9. The minimum atomic E-state index is -0.724. The van der Waals surface area contributed by atoms with E-state index in [1.54, 1.807) is 37.3 Å². The lowest BCUT2D eigenvalue weighted by Gasteiger charge is -2.12. The van der Waals surface area contributed by atoms with Gasteiger partial charge < -0.3 is 14.8 Å². The summed E-state index contributed by atoms with van der Waals surface area (Å²) in [7, 11) is 1.44. The van der Waals surface area contributed by atoms with Crippen LogP contribution in [0.15, 0.2) is 66.2 Å². The zero-order valence-electron chi connectivity index (χ0n) is 19.3. The minimum Gasteiger partial charge on any atom is -0.493 e. The quantitative estimate of drug-likeness (QED) is 0.192. The van der Waals surface area contributed by atoms with Crippen LogP contribution in [0.4, 0.5) is 17.1 Å². The Balaban J connectivity index is 1.76. The predicted molar refractivity (Wildman–Crippen MR) is 130 cm³/mol. The molecule has 0 unspecified atom stereocenters. The predicted octanol–water partition coefficient (Wildman–Crippen LogP) is 4.94. The lowest BCUT2D eigenvalue weighted by Crippen LogP contribution is -2.14. The molecule has 0 fully saturated rings. The first-order chi connectivity index (χ1) is 17.2. The van der Waals surface area contributed by atoms with E-state index < -0.39 is 15.8 Å². The molecule has 3 aromatic carbocycles. The molecule has 0 atom stereocenters. The maximum Gasteiger partial charge on any atom is 0.271 e. The number of benzene rings is 3. The van der Waals surface area contributed by atoms with Gasteiger partial charge in [0.05, 0.1) is 22.6 Å². The zero-order valence-corrected chi connectivity index (χ0v) is 19.3. The Bertz CT molecular complexity index is 1390. The number of non-ortho nitro benzene ring substituents is 2. The molecule has 0 saturated heterocycles. The van der Waals surface area contributed by atoms with Gasteiger partial charge in [-0.2, -0.15) is 5.26 Å². The molecule has 11 heteroatoms. The van der Waals surface area contributed by atoms with Crippen LogP contribution < -0.4 is 14.8 Å². The van der Waals surface area contributed by atoms with Crippen molar-refractivity contribution in [3.63, 3.8) is 0 Å². The summed E-state index contributed by atoms with van der Waals surface area (Å²) >= 11 is 0. The average Bonchev–Trinajstić information content (AvgIpc) is 2.87. The van der Waals surface area contributed by atoms with E-state index in [2.05, 4.69) is 5.32 Å². The number of hydrogen-bond acceptors (Lipinski definition) is 8. The number of nitrogens with zero attached hydrogens (tertiary/aromatic N) is 3. The molecule has 0 aliphatic rings. The second-order valence-electron chi connectivity index (χ2n) is 7.50. The number of nitriles is 1. The largest absolute Gasteiger partial charge is 0.493 e. The number of nitro benzene ring substituents is 2. The molecule has 182 valence electrons. The van der Waals surface area contributed by atoms with Crippen LogP contribution in [0.2, 0.25) is 0 Å². The minimum absolute atomic E-state index is 0.0227. The molecule has 36 heavy (non-hydrogen) atoms. The van der Waals surface area contributed by atoms with Gasteiger partial charge in [-0.15, -0.1) is 0 Å². The van der Waals surface area contributed by atoms with Gasteiger partial charge >= 0.3 is 0 Å². The van der Waals surface area contributed by atoms with Crippen LogP contribution in [0.25, 0.3) is 6.08 Å². The Morgan fingerprint density at radius 1 is 1.00 bits per heavy atom. The van der Waals surface area contributed by atoms with E-state index in [1.165, 1.54) is 43.5 Å². The molecule has 3 aromatic rings. The van der Waals surface area contributed by atoms with E-state index in [1.807, 2.05) is 6.07 Å². The van der Waals surface area contributed by atoms with Gasteiger partial charge in [-0.05, 0) is 54.0 Å². The van der Waals surface area contributed by atoms with E-state index in [9.17, 15) is 30.3 Å². The first-order valence-corrected chi connectivity index (χ1v) is 10.4. The summed E-state index contributed by atoms with van der Waals surface area (Å²) in [4.78, 5) is 33.4. The molecule has 1 N–H and O–H groups in total. The Kier molecular flexibility index (Phi) is 7.94. The number of carbonyl (C=O) groups is 1. The fourth-order valence-corrected chi connectivity index (χ4v) is 3.13. The summed E-state index contributed by atoms with van der Waals surface area (Å²) in [6.45, 7) is 1.81. The van der Waals surface area contributed by atoms with E-state index >= 15 is 0 Å². The molecule has 0 heterocycles. The Hall–Kier alpha value is -5.24. The van der Waals surface area contributed by atoms with Gasteiger partial charge in [-0.25, -0.2) is 0 Å². The number of ether oxygens (including phenoxy) is 2. The highest BCUT2D eigenvalue weighted by molar-refractivity contribution is 6.10. The fourth-order valence-electron chi connectivity index (χ4n) is 3.13. The number of hydrogen-bond donors (Lipinski definition) is 1. The SMILES string of the molecule is COc1cc(/C=C(\C#N)C(=O)Nc2cc([N+](=O)[O-])ccc2C)ccc1OCc1ccc([N+](=O)[O-])cc1. The van der Waals surface area contributed by atoms with Crippen molar-refractivity contribution in [3.8, 4) is 17.6 Å². The lowest BCUT2D eigenvalue weighted by molar-refractivity contribution is -0.385. The Morgan fingerprint density at radius 3 is 2.28 bits per heavy atom. The van der Waals surface area contributed by atoms with Crippen LogP contribution in [0.5, 0.6) is 11.5 Å². The van der Waals surface area contributed by atoms with E-state index in [-0.39, 0.29) is 29.2 Å². The van der Waals surface area contributed by atoms with E-state index in [4.69, 9.17) is 9.47 Å². The molecule has 0 radical (unpaired) electrons. The van der Waals surface area contributed by atoms with Crippen molar-refractivity contribution < 1.29 is 24.1 Å². The van der Waals surface area contributed by atoms with E-state index in [0.717, 1.165) is 0 Å². The highest BCUT2D eigenvalue weighted by Crippen LogP contribution is 2.30. The summed E-state index contributed by atoms with van der Waals surface area (Å²) in [5.41, 5.74) is 1.59. The lowest BCUT2D eigenvalue weighted by atomic mass is 10.1. The average molecular weight is 488 g/mol. The van der Waals surface area contributed by atoms with Gasteiger partial charge in [-0.1, -0.05) is 12.1 Å². The van der Waals surface area contributed by atoms with Crippen LogP contribution in [0.1, 0.15) is 16.7 Å². The Morgan fingerprint density at radius 2 is 1.67 bits per heavy atom. The number of methoxy groups -OCH3 is 1. The summed E-state index contributed by atoms with van der Waals surface area (Å²) in [6, 6.07) is 16.6. The number of carbonyl (C=O) groups excluding carboxylic acids is 1. The van der Waals surface area contributed by atoms with Gasteiger partial charge in [0, 0.05) is 24.3 Å². The van der Waals surface area contributed by atoms with Crippen molar-refractivity contribution in [2.24, 2.45) is 0 Å². The van der Waals surface area contributed by atoms with Gasteiger partial charge in [0.15, 0.2) is 11.5 Å². The molecule has 0 bridgehead atoms. The molecule has 3 rings (SSSR count). The first-order valence-electron chi connectivity index (χ1n) is 10.4. The normalized spacial score (nSPS) is 10.8. The van der Waals surface area contributed by atoms with Gasteiger partial charge in [0.1, 0.15) is 18.2 Å². The Labute approximate surface area is 205 Å². The van der Waals surface area contributed by atoms with Gasteiger partial charge in [0.25, 0.3) is 17.3 Å². The third-order valence-corrected chi connectivity index (χ3v) is 5.09. The summed E-state index contributed by atoms with van der Waals surface area (Å²) in [5, 5.41) is 33.8. The third kappa shape index (κ3) is 6.21. The highest BCUT2D eigenvalue weighted by atomic mass is 16.6. The molecule has 0 saturated carbocycles. The second-order valence-corrected chi connectivity index (χ2v) is 7.50. The fraction of sp³-hybridized carbons (Fsp3) is 0.120. The molecule has 0 aliphatic carbocycles. The number of anilines is 1. The topological polar surface area (TPSA) is 158 Å². The maximum absolute atomic E-state index is 12.7. The molecule has 0 aromatic heterocycles. The smallest absolute Gasteiger partial charge is 0.271 e. The van der Waals surface area contributed by atoms with Crippen LogP contribution in [0, 0.1) is 38.5 Å². The van der Waals surface area contributed by atoms with Crippen molar-refractivity contribution in [2.45, 2.75) is 13.5 Å². The number of nitrogens with one attached hydrogen (secondary N) is 1. The molecule has 11 nitrogen and oxygen atoms in total. The van der Waals surface area contributed by atoms with Gasteiger partial charge in [0.2, 0.25) is 0 Å². The molecule has 0 spiro atoms. The summed E-state index contributed by atoms with van der Waals surface area (Å²) in [6.07, 6.45) is 1.35. The van der Waals surface area contributed by atoms with Crippen LogP contribution in [0.3, 0.4) is 0 Å². The number of nitro groups is 2. The van der Waals surface area contributed by atoms with Crippen LogP contribution in [-0.2, 0) is 11.4 Å². The van der Waals surface area contributed by atoms with E-state index in [0.29, 0.717) is 28.2 Å². The standard InChI is InChI=1S/C25H20N4O7/c1-16-3-7-21(29(33)34)13-22(16)27-25(30)19(14-26)11-18-6-10-23(24(12-18)35-2)36-15-17-4-8-20(9-5-17)28(31)32/h3-13H,15H2,1-2H3,(H,27,30)/b19-11+. The second kappa shape index (κ2) is 11.3. The van der Waals surface area contributed by atoms with Crippen molar-refractivity contribution in [3.05, 3.63) is 103 Å². The molecular weight excluding hydrogens is 468 g/mol. The van der Waals surface area contributed by atoms with Crippen molar-refractivity contribution in [1.29, 1.82) is 5.26 Å². The van der Waals surface area contributed by atoms with Crippen molar-refractivity contribution in [2.75, 3.05) is 12.4 Å². The maximum atomic E-state index is 12.7. The highest BCUT2D eigenvalue weighted by Gasteiger charge is 2.15. The van der Waals surface area contributed by atoms with Crippen LogP contribution >= 0.6 is 0 Å². The first kappa shape index (κ1) is 25.4. The zero-order chi connectivity index (χ0) is 26.2. The number of amides is 1. The summed E-state index contributed by atoms with van der Waals surface area (Å²) < 4.78 is 11.1. The molecule has 1 amide bonds. The number of aryl methyl sites for hydroxylation is 1. The molecular formula is C25H20N4O7. The third-order valence-electron chi connectivity index (χ3n) is 5.09.